The Morgan fingerprint density at radius 1 is 1.32 bits per heavy atom. The van der Waals surface area contributed by atoms with E-state index in [-0.39, 0.29) is 11.5 Å². The van der Waals surface area contributed by atoms with Crippen molar-refractivity contribution in [3.05, 3.63) is 51.5 Å². The van der Waals surface area contributed by atoms with E-state index in [9.17, 15) is 18.0 Å². The first-order chi connectivity index (χ1) is 14.7. The summed E-state index contributed by atoms with van der Waals surface area (Å²) < 4.78 is 29.9. The predicted octanol–water partition coefficient (Wildman–Crippen LogP) is 2.57. The minimum atomic E-state index is -3.09. The van der Waals surface area contributed by atoms with E-state index in [4.69, 9.17) is 16.3 Å². The molecule has 1 saturated heterocycles. The van der Waals surface area contributed by atoms with Gasteiger partial charge in [0.2, 0.25) is 0 Å². The Hall–Kier alpha value is -2.43. The Morgan fingerprint density at radius 3 is 2.74 bits per heavy atom. The van der Waals surface area contributed by atoms with Gasteiger partial charge in [0.15, 0.2) is 16.4 Å². The van der Waals surface area contributed by atoms with Gasteiger partial charge in [0, 0.05) is 16.5 Å². The topological polar surface area (TPSA) is 107 Å². The van der Waals surface area contributed by atoms with Crippen LogP contribution in [-0.2, 0) is 25.9 Å². The molecule has 0 saturated carbocycles. The van der Waals surface area contributed by atoms with E-state index in [1.165, 1.54) is 11.3 Å². The van der Waals surface area contributed by atoms with Crippen LogP contribution in [0.2, 0.25) is 5.02 Å². The number of ether oxygens (including phenoxy) is 1. The van der Waals surface area contributed by atoms with Gasteiger partial charge in [0.25, 0.3) is 5.91 Å². The Morgan fingerprint density at radius 2 is 2.06 bits per heavy atom. The van der Waals surface area contributed by atoms with Crippen molar-refractivity contribution in [3.63, 3.8) is 0 Å². The molecule has 0 unspecified atom stereocenters. The molecule has 164 valence electrons. The second-order valence-corrected chi connectivity index (χ2v) is 11.1. The van der Waals surface area contributed by atoms with Crippen molar-refractivity contribution < 1.29 is 22.7 Å². The molecule has 31 heavy (non-hydrogen) atoms. The van der Waals surface area contributed by atoms with Gasteiger partial charge in [-0.15, -0.1) is 11.3 Å². The van der Waals surface area contributed by atoms with Crippen molar-refractivity contribution in [2.75, 3.05) is 18.1 Å². The molecule has 1 aromatic carbocycles. The van der Waals surface area contributed by atoms with E-state index in [2.05, 4.69) is 10.4 Å². The average molecular weight is 482 g/mol. The summed E-state index contributed by atoms with van der Waals surface area (Å²) in [6, 6.07) is 8.75. The van der Waals surface area contributed by atoms with Crippen molar-refractivity contribution in [1.29, 1.82) is 0 Å². The molecule has 1 N–H and O–H groups in total. The van der Waals surface area contributed by atoms with Crippen LogP contribution in [-0.4, -0.2) is 54.2 Å². The van der Waals surface area contributed by atoms with Gasteiger partial charge in [-0.1, -0.05) is 23.7 Å². The fourth-order valence-corrected chi connectivity index (χ4v) is 6.32. The van der Waals surface area contributed by atoms with Gasteiger partial charge < -0.3 is 10.1 Å². The van der Waals surface area contributed by atoms with Crippen LogP contribution in [0.5, 0.6) is 0 Å². The number of thiophene rings is 1. The monoisotopic (exact) mass is 481 g/mol. The molecule has 2 aromatic heterocycles. The van der Waals surface area contributed by atoms with Crippen LogP contribution in [0.4, 0.5) is 0 Å². The summed E-state index contributed by atoms with van der Waals surface area (Å²) in [5.74, 6) is -1.13. The number of aromatic nitrogens is 2. The molecule has 0 radical (unpaired) electrons. The molecular weight excluding hydrogens is 462 g/mol. The Labute approximate surface area is 188 Å². The highest BCUT2D eigenvalue weighted by atomic mass is 35.5. The number of halogens is 1. The predicted molar refractivity (Wildman–Crippen MR) is 118 cm³/mol. The number of carbonyl (C=O) groups excluding carboxylic acids is 2. The van der Waals surface area contributed by atoms with Crippen molar-refractivity contribution >= 4 is 54.9 Å². The van der Waals surface area contributed by atoms with Gasteiger partial charge in [-0.05, 0) is 37.1 Å². The van der Waals surface area contributed by atoms with Crippen molar-refractivity contribution in [2.24, 2.45) is 0 Å². The molecule has 1 fully saturated rings. The summed E-state index contributed by atoms with van der Waals surface area (Å²) in [5, 5.41) is 8.65. The first-order valence-corrected chi connectivity index (χ1v) is 12.6. The lowest BCUT2D eigenvalue weighted by molar-refractivity contribution is -0.124. The molecular formula is C20H20ClN3O5S2. The van der Waals surface area contributed by atoms with Gasteiger partial charge in [-0.3, -0.25) is 9.48 Å². The molecule has 3 aromatic rings. The zero-order chi connectivity index (χ0) is 22.2. The molecule has 11 heteroatoms. The zero-order valence-corrected chi connectivity index (χ0v) is 19.0. The Bertz CT molecular complexity index is 1250. The van der Waals surface area contributed by atoms with E-state index in [0.717, 1.165) is 21.5 Å². The number of aryl methyl sites for hydroxylation is 1. The highest BCUT2D eigenvalue weighted by Crippen LogP contribution is 2.29. The SMILES string of the molecule is Cc1nn(Cc2ccc(Cl)cc2)c2sc(C(=O)OCC(=O)N[C@@H]3CCS(=O)(=O)C3)cc12. The van der Waals surface area contributed by atoms with Crippen molar-refractivity contribution in [3.8, 4) is 0 Å². The maximum Gasteiger partial charge on any atom is 0.348 e. The third-order valence-electron chi connectivity index (χ3n) is 4.99. The lowest BCUT2D eigenvalue weighted by Gasteiger charge is -2.10. The highest BCUT2D eigenvalue weighted by molar-refractivity contribution is 7.91. The van der Waals surface area contributed by atoms with Crippen LogP contribution in [0.1, 0.15) is 27.3 Å². The maximum atomic E-state index is 12.4. The Balaban J connectivity index is 1.40. The largest absolute Gasteiger partial charge is 0.451 e. The lowest BCUT2D eigenvalue weighted by Crippen LogP contribution is -2.38. The second kappa shape index (κ2) is 8.60. The van der Waals surface area contributed by atoms with E-state index in [1.807, 2.05) is 35.9 Å². The number of hydrogen-bond donors (Lipinski definition) is 1. The van der Waals surface area contributed by atoms with Crippen LogP contribution in [0.3, 0.4) is 0 Å². The van der Waals surface area contributed by atoms with E-state index < -0.39 is 34.4 Å². The third-order valence-corrected chi connectivity index (χ3v) is 8.13. The molecule has 1 aliphatic rings. The molecule has 4 rings (SSSR count). The van der Waals surface area contributed by atoms with Crippen LogP contribution in [0.25, 0.3) is 10.2 Å². The molecule has 8 nitrogen and oxygen atoms in total. The zero-order valence-electron chi connectivity index (χ0n) is 16.6. The quantitative estimate of drug-likeness (QED) is 0.542. The molecule has 1 aliphatic heterocycles. The number of fused-ring (bicyclic) bond motifs is 1. The maximum absolute atomic E-state index is 12.4. The summed E-state index contributed by atoms with van der Waals surface area (Å²) in [5.41, 5.74) is 1.82. The van der Waals surface area contributed by atoms with E-state index >= 15 is 0 Å². The highest BCUT2D eigenvalue weighted by Gasteiger charge is 2.29. The lowest BCUT2D eigenvalue weighted by atomic mass is 10.2. The molecule has 1 atom stereocenters. The van der Waals surface area contributed by atoms with Crippen LogP contribution >= 0.6 is 22.9 Å². The number of sulfone groups is 1. The second-order valence-electron chi connectivity index (χ2n) is 7.44. The van der Waals surface area contributed by atoms with E-state index in [1.54, 1.807) is 6.07 Å². The summed E-state index contributed by atoms with van der Waals surface area (Å²) in [7, 11) is -3.09. The van der Waals surface area contributed by atoms with Gasteiger partial charge in [-0.2, -0.15) is 5.10 Å². The minimum absolute atomic E-state index is 0.0614. The van der Waals surface area contributed by atoms with E-state index in [0.29, 0.717) is 22.9 Å². The number of nitrogens with one attached hydrogen (secondary N) is 1. The molecule has 1 amide bonds. The molecule has 0 bridgehead atoms. The summed E-state index contributed by atoms with van der Waals surface area (Å²) in [4.78, 5) is 25.6. The van der Waals surface area contributed by atoms with Gasteiger partial charge in [0.05, 0.1) is 23.7 Å². The molecule has 0 aliphatic carbocycles. The first kappa shape index (κ1) is 21.8. The minimum Gasteiger partial charge on any atom is -0.451 e. The number of esters is 1. The van der Waals surface area contributed by atoms with Crippen LogP contribution in [0.15, 0.2) is 30.3 Å². The third kappa shape index (κ3) is 5.08. The number of carbonyl (C=O) groups is 2. The number of benzene rings is 1. The first-order valence-electron chi connectivity index (χ1n) is 9.58. The van der Waals surface area contributed by atoms with Crippen LogP contribution < -0.4 is 5.32 Å². The number of nitrogens with zero attached hydrogens (tertiary/aromatic N) is 2. The van der Waals surface area contributed by atoms with Gasteiger partial charge in [0.1, 0.15) is 9.71 Å². The average Bonchev–Trinajstić information content (AvgIpc) is 3.37. The smallest absolute Gasteiger partial charge is 0.348 e. The van der Waals surface area contributed by atoms with Crippen LogP contribution in [0, 0.1) is 6.92 Å². The number of hydrogen-bond acceptors (Lipinski definition) is 7. The summed E-state index contributed by atoms with van der Waals surface area (Å²) in [6.07, 6.45) is 0.377. The van der Waals surface area contributed by atoms with Crippen molar-refractivity contribution in [1.82, 2.24) is 15.1 Å². The standard InChI is InChI=1S/C20H20ClN3O5S2/c1-12-16-8-17(20(26)29-10-18(25)22-15-6-7-31(27,28)11-15)30-19(16)24(23-12)9-13-2-4-14(21)5-3-13/h2-5,8,15H,6-7,9-11H2,1H3,(H,22,25)/t15-/m1/s1. The molecule has 3 heterocycles. The van der Waals surface area contributed by atoms with Gasteiger partial charge in [-0.25, -0.2) is 13.2 Å². The fraction of sp³-hybridized carbons (Fsp3) is 0.350. The van der Waals surface area contributed by atoms with Crippen molar-refractivity contribution in [2.45, 2.75) is 25.9 Å². The number of rotatable bonds is 6. The fourth-order valence-electron chi connectivity index (χ4n) is 3.46. The normalized spacial score (nSPS) is 17.7. The molecule has 0 spiro atoms. The Kier molecular flexibility index (Phi) is 6.05. The number of amides is 1. The summed E-state index contributed by atoms with van der Waals surface area (Å²) >= 11 is 7.19. The van der Waals surface area contributed by atoms with Gasteiger partial charge >= 0.3 is 5.97 Å². The summed E-state index contributed by atoms with van der Waals surface area (Å²) in [6.45, 7) is 1.94.